The fourth-order valence-corrected chi connectivity index (χ4v) is 2.28. The lowest BCUT2D eigenvalue weighted by Crippen LogP contribution is -2.51. The minimum Gasteiger partial charge on any atom is -0.395 e. The predicted octanol–water partition coefficient (Wildman–Crippen LogP) is 0.166. The summed E-state index contributed by atoms with van der Waals surface area (Å²) in [6.45, 7) is 5.23. The van der Waals surface area contributed by atoms with E-state index in [9.17, 15) is 0 Å². The second kappa shape index (κ2) is 5.44. The lowest BCUT2D eigenvalue weighted by molar-refractivity contribution is 0.207. The molecule has 5 heteroatoms. The molecule has 0 aromatic rings. The topological polar surface area (TPSA) is 46.9 Å². The summed E-state index contributed by atoms with van der Waals surface area (Å²) in [5, 5.41) is 18.6. The Morgan fingerprint density at radius 1 is 1.33 bits per heavy atom. The molecular formula is C10H18N2O2S. The largest absolute Gasteiger partial charge is 0.395 e. The van der Waals surface area contributed by atoms with Crippen molar-refractivity contribution in [3.63, 3.8) is 0 Å². The van der Waals surface area contributed by atoms with Crippen LogP contribution in [-0.4, -0.2) is 57.5 Å². The number of allylic oxidation sites excluding steroid dienone is 1. The zero-order valence-electron chi connectivity index (χ0n) is 9.18. The molecule has 0 saturated heterocycles. The van der Waals surface area contributed by atoms with E-state index in [1.165, 1.54) is 0 Å². The third-order valence-electron chi connectivity index (χ3n) is 2.54. The van der Waals surface area contributed by atoms with Crippen molar-refractivity contribution in [1.29, 1.82) is 0 Å². The lowest BCUT2D eigenvalue weighted by atomic mass is 10.2. The number of thiocarbonyl (C=S) groups is 1. The average molecular weight is 230 g/mol. The molecule has 1 heterocycles. The molecule has 0 aliphatic carbocycles. The molecule has 0 fully saturated rings. The van der Waals surface area contributed by atoms with Gasteiger partial charge in [0.25, 0.3) is 0 Å². The van der Waals surface area contributed by atoms with Crippen molar-refractivity contribution in [1.82, 2.24) is 9.80 Å². The van der Waals surface area contributed by atoms with E-state index in [2.05, 4.69) is 6.08 Å². The summed E-state index contributed by atoms with van der Waals surface area (Å²) < 4.78 is 0. The zero-order valence-corrected chi connectivity index (χ0v) is 10.00. The first-order valence-electron chi connectivity index (χ1n) is 5.10. The molecule has 4 nitrogen and oxygen atoms in total. The van der Waals surface area contributed by atoms with Crippen LogP contribution in [0.5, 0.6) is 0 Å². The van der Waals surface area contributed by atoms with E-state index in [-0.39, 0.29) is 19.3 Å². The van der Waals surface area contributed by atoms with Gasteiger partial charge in [-0.2, -0.15) is 0 Å². The van der Waals surface area contributed by atoms with E-state index >= 15 is 0 Å². The minimum atomic E-state index is 0.0761. The van der Waals surface area contributed by atoms with Crippen molar-refractivity contribution in [2.75, 3.05) is 26.3 Å². The van der Waals surface area contributed by atoms with Gasteiger partial charge in [0.05, 0.1) is 13.2 Å². The molecule has 0 aromatic heterocycles. The highest BCUT2D eigenvalue weighted by atomic mass is 32.1. The Morgan fingerprint density at radius 2 is 1.93 bits per heavy atom. The summed E-state index contributed by atoms with van der Waals surface area (Å²) >= 11 is 5.32. The SMILES string of the molecule is CC1=CC(C)N(CCO)C(=S)N1CCO. The van der Waals surface area contributed by atoms with Crippen LogP contribution in [0, 0.1) is 0 Å². The van der Waals surface area contributed by atoms with Gasteiger partial charge < -0.3 is 20.0 Å². The number of rotatable bonds is 4. The molecule has 0 bridgehead atoms. The third-order valence-corrected chi connectivity index (χ3v) is 3.00. The number of aliphatic hydroxyl groups is 2. The van der Waals surface area contributed by atoms with Gasteiger partial charge in [-0.3, -0.25) is 0 Å². The van der Waals surface area contributed by atoms with Gasteiger partial charge in [0.1, 0.15) is 0 Å². The highest BCUT2D eigenvalue weighted by Crippen LogP contribution is 2.18. The van der Waals surface area contributed by atoms with E-state index in [0.717, 1.165) is 5.70 Å². The van der Waals surface area contributed by atoms with Crippen LogP contribution in [0.2, 0.25) is 0 Å². The van der Waals surface area contributed by atoms with Crippen molar-refractivity contribution >= 4 is 17.3 Å². The van der Waals surface area contributed by atoms with Crippen LogP contribution in [0.4, 0.5) is 0 Å². The Bertz CT molecular complexity index is 268. The van der Waals surface area contributed by atoms with Crippen LogP contribution in [0.25, 0.3) is 0 Å². The van der Waals surface area contributed by atoms with Gasteiger partial charge in [0.2, 0.25) is 0 Å². The first-order chi connectivity index (χ1) is 7.11. The molecule has 15 heavy (non-hydrogen) atoms. The quantitative estimate of drug-likeness (QED) is 0.674. The Morgan fingerprint density at radius 3 is 2.47 bits per heavy atom. The first kappa shape index (κ1) is 12.4. The molecule has 1 aliphatic rings. The molecule has 0 aromatic carbocycles. The number of nitrogens with zero attached hydrogens (tertiary/aromatic N) is 2. The Hall–Kier alpha value is -0.650. The maximum absolute atomic E-state index is 8.95. The molecule has 0 spiro atoms. The number of hydrogen-bond acceptors (Lipinski definition) is 3. The van der Waals surface area contributed by atoms with E-state index in [1.54, 1.807) is 0 Å². The average Bonchev–Trinajstić information content (AvgIpc) is 2.19. The van der Waals surface area contributed by atoms with E-state index in [0.29, 0.717) is 18.2 Å². The highest BCUT2D eigenvalue weighted by Gasteiger charge is 2.25. The van der Waals surface area contributed by atoms with Gasteiger partial charge in [0.15, 0.2) is 5.11 Å². The van der Waals surface area contributed by atoms with Gasteiger partial charge in [-0.05, 0) is 32.1 Å². The number of aliphatic hydroxyl groups excluding tert-OH is 2. The van der Waals surface area contributed by atoms with Crippen molar-refractivity contribution in [2.45, 2.75) is 19.9 Å². The van der Waals surface area contributed by atoms with Crippen molar-refractivity contribution < 1.29 is 10.2 Å². The van der Waals surface area contributed by atoms with Gasteiger partial charge in [-0.25, -0.2) is 0 Å². The van der Waals surface area contributed by atoms with Crippen molar-refractivity contribution in [3.8, 4) is 0 Å². The molecule has 86 valence electrons. The summed E-state index contributed by atoms with van der Waals surface area (Å²) in [4.78, 5) is 3.85. The third kappa shape index (κ3) is 2.68. The summed E-state index contributed by atoms with van der Waals surface area (Å²) in [5.74, 6) is 0. The number of hydrogen-bond donors (Lipinski definition) is 2. The molecule has 0 radical (unpaired) electrons. The fraction of sp³-hybridized carbons (Fsp3) is 0.700. The second-order valence-corrected chi connectivity index (χ2v) is 3.99. The summed E-state index contributed by atoms with van der Waals surface area (Å²) in [5.41, 5.74) is 1.07. The summed E-state index contributed by atoms with van der Waals surface area (Å²) in [6.07, 6.45) is 2.08. The normalized spacial score (nSPS) is 22.0. The maximum atomic E-state index is 8.95. The van der Waals surface area contributed by atoms with Crippen LogP contribution >= 0.6 is 12.2 Å². The smallest absolute Gasteiger partial charge is 0.176 e. The highest BCUT2D eigenvalue weighted by molar-refractivity contribution is 7.80. The summed E-state index contributed by atoms with van der Waals surface area (Å²) in [6, 6.07) is 0.208. The van der Waals surface area contributed by atoms with Crippen molar-refractivity contribution in [2.24, 2.45) is 0 Å². The van der Waals surface area contributed by atoms with Gasteiger partial charge >= 0.3 is 0 Å². The molecule has 1 rings (SSSR count). The van der Waals surface area contributed by atoms with Gasteiger partial charge in [-0.1, -0.05) is 0 Å². The molecule has 0 saturated carbocycles. The molecule has 1 aliphatic heterocycles. The standard InChI is InChI=1S/C10H18N2O2S/c1-8-7-9(2)12(4-6-14)10(15)11(8)3-5-13/h7-8,13-14H,3-6H2,1-2H3. The molecule has 0 amide bonds. The zero-order chi connectivity index (χ0) is 11.4. The Balaban J connectivity index is 2.83. The predicted molar refractivity (Wildman–Crippen MR) is 63.4 cm³/mol. The van der Waals surface area contributed by atoms with Crippen LogP contribution in [0.3, 0.4) is 0 Å². The molecule has 1 atom stereocenters. The first-order valence-corrected chi connectivity index (χ1v) is 5.51. The van der Waals surface area contributed by atoms with Crippen LogP contribution in [0.1, 0.15) is 13.8 Å². The Labute approximate surface area is 95.8 Å². The maximum Gasteiger partial charge on any atom is 0.176 e. The number of β-amino-alcohol motifs (C(OH)–C–C–N with tert-alkyl or cyclic N) is 2. The van der Waals surface area contributed by atoms with Crippen LogP contribution in [-0.2, 0) is 0 Å². The van der Waals surface area contributed by atoms with Gasteiger partial charge in [-0.15, -0.1) is 0 Å². The second-order valence-electron chi connectivity index (χ2n) is 3.62. The molecular weight excluding hydrogens is 212 g/mol. The minimum absolute atomic E-state index is 0.0761. The van der Waals surface area contributed by atoms with Crippen molar-refractivity contribution in [3.05, 3.63) is 11.8 Å². The van der Waals surface area contributed by atoms with E-state index in [4.69, 9.17) is 22.4 Å². The van der Waals surface area contributed by atoms with Crippen LogP contribution < -0.4 is 0 Å². The molecule has 1 unspecified atom stereocenters. The fourth-order valence-electron chi connectivity index (χ4n) is 1.79. The van der Waals surface area contributed by atoms with E-state index < -0.39 is 0 Å². The van der Waals surface area contributed by atoms with E-state index in [1.807, 2.05) is 23.6 Å². The monoisotopic (exact) mass is 230 g/mol. The summed E-state index contributed by atoms with van der Waals surface area (Å²) in [7, 11) is 0. The lowest BCUT2D eigenvalue weighted by Gasteiger charge is -2.40. The molecule has 2 N–H and O–H groups in total. The van der Waals surface area contributed by atoms with Gasteiger partial charge in [0, 0.05) is 24.8 Å². The van der Waals surface area contributed by atoms with Crippen LogP contribution in [0.15, 0.2) is 11.8 Å². The Kier molecular flexibility index (Phi) is 4.50.